The number of hydrogen-bond donors (Lipinski definition) is 0. The van der Waals surface area contributed by atoms with Gasteiger partial charge >= 0.3 is 0 Å². The Labute approximate surface area is 89.5 Å². The van der Waals surface area contributed by atoms with Crippen molar-refractivity contribution in [2.24, 2.45) is 5.92 Å². The first-order valence-electron chi connectivity index (χ1n) is 5.43. The van der Waals surface area contributed by atoms with E-state index in [1.54, 1.807) is 5.30 Å². The van der Waals surface area contributed by atoms with Gasteiger partial charge in [-0.2, -0.15) is 0 Å². The van der Waals surface area contributed by atoms with E-state index in [0.717, 1.165) is 11.6 Å². The van der Waals surface area contributed by atoms with Crippen LogP contribution in [0.5, 0.6) is 0 Å². The smallest absolute Gasteiger partial charge is 0.0226 e. The van der Waals surface area contributed by atoms with Gasteiger partial charge in [-0.05, 0) is 23.0 Å². The van der Waals surface area contributed by atoms with Crippen LogP contribution in [-0.4, -0.2) is 11.8 Å². The van der Waals surface area contributed by atoms with Crippen LogP contribution in [0.15, 0.2) is 30.3 Å². The molecule has 0 aliphatic heterocycles. The van der Waals surface area contributed by atoms with Crippen LogP contribution in [0.2, 0.25) is 0 Å². The molecule has 0 aliphatic carbocycles. The second kappa shape index (κ2) is 5.51. The van der Waals surface area contributed by atoms with Crippen LogP contribution in [0.25, 0.3) is 0 Å². The second-order valence-electron chi connectivity index (χ2n) is 4.48. The fourth-order valence-electron chi connectivity index (χ4n) is 1.63. The second-order valence-corrected chi connectivity index (χ2v) is 7.33. The molecule has 0 fully saturated rings. The zero-order chi connectivity index (χ0) is 10.6. The SMILES string of the molecule is CC(C)CP(c1ccccc1)C(C)C. The first-order chi connectivity index (χ1) is 6.61. The van der Waals surface area contributed by atoms with Crippen LogP contribution in [0.1, 0.15) is 27.7 Å². The Bertz CT molecular complexity index is 251. The van der Waals surface area contributed by atoms with Crippen molar-refractivity contribution in [3.63, 3.8) is 0 Å². The van der Waals surface area contributed by atoms with Crippen molar-refractivity contribution in [3.05, 3.63) is 30.3 Å². The van der Waals surface area contributed by atoms with Crippen molar-refractivity contribution in [1.82, 2.24) is 0 Å². The van der Waals surface area contributed by atoms with Crippen molar-refractivity contribution in [1.29, 1.82) is 0 Å². The molecule has 1 unspecified atom stereocenters. The summed E-state index contributed by atoms with van der Waals surface area (Å²) < 4.78 is 0. The molecule has 1 rings (SSSR count). The molecule has 14 heavy (non-hydrogen) atoms. The summed E-state index contributed by atoms with van der Waals surface area (Å²) in [6.07, 6.45) is 1.36. The average Bonchev–Trinajstić information content (AvgIpc) is 2.15. The van der Waals surface area contributed by atoms with E-state index in [1.807, 2.05) is 0 Å². The van der Waals surface area contributed by atoms with Crippen molar-refractivity contribution >= 4 is 13.2 Å². The minimum absolute atomic E-state index is 0.0458. The van der Waals surface area contributed by atoms with E-state index < -0.39 is 0 Å². The summed E-state index contributed by atoms with van der Waals surface area (Å²) in [4.78, 5) is 0. The Hall–Kier alpha value is -0.350. The van der Waals surface area contributed by atoms with Crippen molar-refractivity contribution in [2.45, 2.75) is 33.4 Å². The van der Waals surface area contributed by atoms with Gasteiger partial charge < -0.3 is 0 Å². The van der Waals surface area contributed by atoms with Gasteiger partial charge in [-0.15, -0.1) is 0 Å². The zero-order valence-corrected chi connectivity index (χ0v) is 10.6. The molecule has 78 valence electrons. The zero-order valence-electron chi connectivity index (χ0n) is 9.70. The lowest BCUT2D eigenvalue weighted by molar-refractivity contribution is 0.742. The quantitative estimate of drug-likeness (QED) is 0.659. The van der Waals surface area contributed by atoms with E-state index in [1.165, 1.54) is 6.16 Å². The van der Waals surface area contributed by atoms with E-state index in [2.05, 4.69) is 58.0 Å². The van der Waals surface area contributed by atoms with Gasteiger partial charge in [0.1, 0.15) is 0 Å². The van der Waals surface area contributed by atoms with Gasteiger partial charge in [0.25, 0.3) is 0 Å². The fourth-order valence-corrected chi connectivity index (χ4v) is 4.20. The number of rotatable bonds is 4. The summed E-state index contributed by atoms with van der Waals surface area (Å²) >= 11 is 0. The van der Waals surface area contributed by atoms with Crippen LogP contribution in [-0.2, 0) is 0 Å². The van der Waals surface area contributed by atoms with Crippen LogP contribution in [0, 0.1) is 5.92 Å². The molecule has 0 bridgehead atoms. The Morgan fingerprint density at radius 1 is 1.00 bits per heavy atom. The van der Waals surface area contributed by atoms with Crippen molar-refractivity contribution < 1.29 is 0 Å². The summed E-state index contributed by atoms with van der Waals surface area (Å²) in [5.41, 5.74) is 0.801. The van der Waals surface area contributed by atoms with Gasteiger partial charge in [-0.3, -0.25) is 0 Å². The van der Waals surface area contributed by atoms with Crippen molar-refractivity contribution in [3.8, 4) is 0 Å². The van der Waals surface area contributed by atoms with Gasteiger partial charge in [-0.1, -0.05) is 65.9 Å². The molecule has 0 spiro atoms. The summed E-state index contributed by atoms with van der Waals surface area (Å²) in [6, 6.07) is 11.0. The normalized spacial score (nSPS) is 13.6. The lowest BCUT2D eigenvalue weighted by Gasteiger charge is -2.23. The maximum Gasteiger partial charge on any atom is -0.0226 e. The lowest BCUT2D eigenvalue weighted by atomic mass is 10.3. The molecule has 1 aromatic rings. The van der Waals surface area contributed by atoms with E-state index in [9.17, 15) is 0 Å². The first kappa shape index (κ1) is 11.7. The van der Waals surface area contributed by atoms with Crippen LogP contribution >= 0.6 is 7.92 Å². The van der Waals surface area contributed by atoms with E-state index in [4.69, 9.17) is 0 Å². The third-order valence-corrected chi connectivity index (χ3v) is 5.60. The predicted octanol–water partition coefficient (Wildman–Crippen LogP) is 3.86. The molecule has 0 radical (unpaired) electrons. The highest BCUT2D eigenvalue weighted by molar-refractivity contribution is 7.66. The maximum atomic E-state index is 2.35. The number of benzene rings is 1. The molecule has 0 saturated carbocycles. The fraction of sp³-hybridized carbons (Fsp3) is 0.538. The molecule has 0 amide bonds. The monoisotopic (exact) mass is 208 g/mol. The highest BCUT2D eigenvalue weighted by Crippen LogP contribution is 2.41. The molecule has 1 heteroatoms. The van der Waals surface area contributed by atoms with Crippen LogP contribution < -0.4 is 5.30 Å². The Kier molecular flexibility index (Phi) is 4.62. The van der Waals surface area contributed by atoms with Gasteiger partial charge in [0.15, 0.2) is 0 Å². The number of hydrogen-bond acceptors (Lipinski definition) is 0. The van der Waals surface area contributed by atoms with E-state index in [-0.39, 0.29) is 7.92 Å². The van der Waals surface area contributed by atoms with Crippen LogP contribution in [0.3, 0.4) is 0 Å². The van der Waals surface area contributed by atoms with E-state index in [0.29, 0.717) is 0 Å². The minimum Gasteiger partial charge on any atom is -0.0724 e. The summed E-state index contributed by atoms with van der Waals surface area (Å²) in [5.74, 6) is 0.809. The summed E-state index contributed by atoms with van der Waals surface area (Å²) in [7, 11) is 0.0458. The predicted molar refractivity (Wildman–Crippen MR) is 67.8 cm³/mol. The van der Waals surface area contributed by atoms with Gasteiger partial charge in [0, 0.05) is 0 Å². The molecule has 0 aromatic heterocycles. The van der Waals surface area contributed by atoms with Crippen LogP contribution in [0.4, 0.5) is 0 Å². The molecule has 0 N–H and O–H groups in total. The topological polar surface area (TPSA) is 0 Å². The molecule has 0 saturated heterocycles. The first-order valence-corrected chi connectivity index (χ1v) is 7.02. The third kappa shape index (κ3) is 3.42. The summed E-state index contributed by atoms with van der Waals surface area (Å²) in [5, 5.41) is 1.56. The summed E-state index contributed by atoms with van der Waals surface area (Å²) in [6.45, 7) is 9.34. The Balaban J connectivity index is 2.78. The highest BCUT2D eigenvalue weighted by Gasteiger charge is 2.15. The molecular formula is C13H21P. The largest absolute Gasteiger partial charge is 0.0724 e. The molecule has 0 heterocycles. The molecular weight excluding hydrogens is 187 g/mol. The van der Waals surface area contributed by atoms with Gasteiger partial charge in [0.2, 0.25) is 0 Å². The maximum absolute atomic E-state index is 2.35. The van der Waals surface area contributed by atoms with Crippen molar-refractivity contribution in [2.75, 3.05) is 6.16 Å². The lowest BCUT2D eigenvalue weighted by Crippen LogP contribution is -2.13. The molecule has 0 aliphatic rings. The molecule has 0 nitrogen and oxygen atoms in total. The van der Waals surface area contributed by atoms with E-state index >= 15 is 0 Å². The highest BCUT2D eigenvalue weighted by atomic mass is 31.1. The standard InChI is InChI=1S/C13H21P/c1-11(2)10-14(12(3)4)13-8-6-5-7-9-13/h5-9,11-12H,10H2,1-4H3. The third-order valence-electron chi connectivity index (χ3n) is 2.27. The molecule has 1 atom stereocenters. The Morgan fingerprint density at radius 2 is 1.57 bits per heavy atom. The molecule has 1 aromatic carbocycles. The van der Waals surface area contributed by atoms with Gasteiger partial charge in [-0.25, -0.2) is 0 Å². The van der Waals surface area contributed by atoms with Gasteiger partial charge in [0.05, 0.1) is 0 Å². The Morgan fingerprint density at radius 3 is 2.00 bits per heavy atom. The minimum atomic E-state index is 0.0458. The average molecular weight is 208 g/mol.